The van der Waals surface area contributed by atoms with Crippen LogP contribution in [0.3, 0.4) is 0 Å². The van der Waals surface area contributed by atoms with Crippen LogP contribution in [-0.4, -0.2) is 30.5 Å². The number of benzene rings is 2. The Balaban J connectivity index is 1.89. The first-order valence-electron chi connectivity index (χ1n) is 11.6. The number of hydrogen-bond acceptors (Lipinski definition) is 5. The van der Waals surface area contributed by atoms with Crippen LogP contribution in [0.2, 0.25) is 0 Å². The normalized spacial score (nSPS) is 16.0. The first kappa shape index (κ1) is 23.0. The molecule has 1 aliphatic rings. The zero-order valence-corrected chi connectivity index (χ0v) is 20.5. The molecular weight excluding hydrogens is 446 g/mol. The first-order valence-corrected chi connectivity index (χ1v) is 11.6. The summed E-state index contributed by atoms with van der Waals surface area (Å²) in [6, 6.07) is 12.4. The average molecular weight is 476 g/mol. The van der Waals surface area contributed by atoms with Crippen LogP contribution in [0.5, 0.6) is 11.5 Å². The number of aromatic hydroxyl groups is 2. The third kappa shape index (κ3) is 3.47. The topological polar surface area (TPSA) is 98.6 Å². The Morgan fingerprint density at radius 2 is 1.66 bits per heavy atom. The van der Waals surface area contributed by atoms with E-state index in [9.17, 15) is 19.8 Å². The van der Waals surface area contributed by atoms with E-state index in [4.69, 9.17) is 4.74 Å². The number of rotatable bonds is 2. The van der Waals surface area contributed by atoms with Gasteiger partial charge in [-0.2, -0.15) is 0 Å². The van der Waals surface area contributed by atoms with Gasteiger partial charge in [0.15, 0.2) is 0 Å². The molecule has 0 saturated heterocycles. The van der Waals surface area contributed by atoms with Crippen molar-refractivity contribution in [3.63, 3.8) is 0 Å². The summed E-state index contributed by atoms with van der Waals surface area (Å²) < 4.78 is 10.7. The lowest BCUT2D eigenvalue weighted by atomic mass is 9.86. The Morgan fingerprint density at radius 1 is 0.971 bits per heavy atom. The van der Waals surface area contributed by atoms with Crippen LogP contribution in [0.1, 0.15) is 43.7 Å². The van der Waals surface area contributed by atoms with Gasteiger partial charge in [0.25, 0.3) is 5.56 Å². The van der Waals surface area contributed by atoms with Gasteiger partial charge in [-0.1, -0.05) is 45.0 Å². The number of aryl methyl sites for hydroxylation is 1. The lowest BCUT2D eigenvalue weighted by Crippen LogP contribution is -2.37. The van der Waals surface area contributed by atoms with Crippen molar-refractivity contribution < 1.29 is 14.9 Å². The van der Waals surface area contributed by atoms with Gasteiger partial charge < -0.3 is 19.5 Å². The third-order valence-electron chi connectivity index (χ3n) is 6.87. The highest BCUT2D eigenvalue weighted by Gasteiger charge is 2.34. The highest BCUT2D eigenvalue weighted by molar-refractivity contribution is 5.96. The number of nitrogens with zero attached hydrogens (tertiary/aromatic N) is 3. The number of hydrogen-bond donors (Lipinski definition) is 2. The minimum absolute atomic E-state index is 0.0165. The van der Waals surface area contributed by atoms with Crippen LogP contribution in [0, 0.1) is 0 Å². The molecule has 0 radical (unpaired) electrons. The second-order valence-electron chi connectivity index (χ2n) is 10.1. The van der Waals surface area contributed by atoms with E-state index in [1.54, 1.807) is 7.05 Å². The molecule has 182 valence electrons. The minimum atomic E-state index is -0.779. The molecule has 0 spiro atoms. The summed E-state index contributed by atoms with van der Waals surface area (Å²) in [6.45, 7) is 7.23. The summed E-state index contributed by atoms with van der Waals surface area (Å²) in [4.78, 5) is 26.5. The van der Waals surface area contributed by atoms with E-state index in [1.165, 1.54) is 35.4 Å². The third-order valence-corrected chi connectivity index (χ3v) is 6.87. The van der Waals surface area contributed by atoms with Gasteiger partial charge >= 0.3 is 5.69 Å². The van der Waals surface area contributed by atoms with Gasteiger partial charge in [-0.25, -0.2) is 4.79 Å². The summed E-state index contributed by atoms with van der Waals surface area (Å²) >= 11 is 0. The van der Waals surface area contributed by atoms with E-state index in [1.807, 2.05) is 16.7 Å². The lowest BCUT2D eigenvalue weighted by molar-refractivity contribution is 0.0463. The minimum Gasteiger partial charge on any atom is -0.508 e. The molecule has 8 nitrogen and oxygen atoms in total. The molecule has 35 heavy (non-hydrogen) atoms. The fourth-order valence-electron chi connectivity index (χ4n) is 5.00. The summed E-state index contributed by atoms with van der Waals surface area (Å²) in [5, 5.41) is 21.1. The summed E-state index contributed by atoms with van der Waals surface area (Å²) in [5.41, 5.74) is 3.29. The van der Waals surface area contributed by atoms with Crippen molar-refractivity contribution in [1.29, 1.82) is 0 Å². The van der Waals surface area contributed by atoms with E-state index in [0.29, 0.717) is 41.0 Å². The van der Waals surface area contributed by atoms with Crippen molar-refractivity contribution in [1.82, 2.24) is 13.7 Å². The summed E-state index contributed by atoms with van der Waals surface area (Å²) in [7, 11) is 3.10. The predicted octanol–water partition coefficient (Wildman–Crippen LogP) is 3.53. The Labute approximate surface area is 202 Å². The van der Waals surface area contributed by atoms with Crippen molar-refractivity contribution in [3.8, 4) is 22.8 Å². The molecule has 8 heteroatoms. The molecule has 3 heterocycles. The van der Waals surface area contributed by atoms with Crippen LogP contribution in [0.25, 0.3) is 22.2 Å². The molecule has 0 fully saturated rings. The number of phenols is 2. The van der Waals surface area contributed by atoms with Crippen LogP contribution in [0.4, 0.5) is 0 Å². The quantitative estimate of drug-likeness (QED) is 0.432. The van der Waals surface area contributed by atoms with Gasteiger partial charge in [0, 0.05) is 26.2 Å². The smallest absolute Gasteiger partial charge is 0.331 e. The van der Waals surface area contributed by atoms with Crippen molar-refractivity contribution in [2.75, 3.05) is 6.61 Å². The highest BCUT2D eigenvalue weighted by atomic mass is 16.5. The molecule has 1 aliphatic heterocycles. The zero-order valence-electron chi connectivity index (χ0n) is 20.5. The molecule has 0 aliphatic carbocycles. The standard InChI is InChI=1S/C27H29N3O5/c1-27(2,3)16-8-6-15(7-9-16)21-20-22(28(4)26(34)29(5)25(20)33)23-24(35-13-12-30(21)23)18-14-17(31)10-11-19(18)32/h6-11,14,24,31-32H,12-13H2,1-5H3/t24-/m1/s1. The molecule has 2 aromatic carbocycles. The van der Waals surface area contributed by atoms with E-state index in [-0.39, 0.29) is 16.9 Å². The summed E-state index contributed by atoms with van der Waals surface area (Å²) in [6.07, 6.45) is -0.779. The molecule has 5 rings (SSSR count). The number of aromatic nitrogens is 3. The van der Waals surface area contributed by atoms with Crippen LogP contribution in [-0.2, 0) is 30.8 Å². The molecule has 2 N–H and O–H groups in total. The fraction of sp³-hybridized carbons (Fsp3) is 0.333. The van der Waals surface area contributed by atoms with Crippen LogP contribution >= 0.6 is 0 Å². The largest absolute Gasteiger partial charge is 0.508 e. The van der Waals surface area contributed by atoms with Crippen LogP contribution < -0.4 is 11.2 Å². The average Bonchev–Trinajstić information content (AvgIpc) is 3.18. The lowest BCUT2D eigenvalue weighted by Gasteiger charge is -2.28. The van der Waals surface area contributed by atoms with E-state index in [2.05, 4.69) is 32.9 Å². The highest BCUT2D eigenvalue weighted by Crippen LogP contribution is 2.43. The molecule has 2 aromatic heterocycles. The molecule has 4 aromatic rings. The number of fused-ring (bicyclic) bond motifs is 3. The van der Waals surface area contributed by atoms with E-state index in [0.717, 1.165) is 10.1 Å². The van der Waals surface area contributed by atoms with Gasteiger partial charge in [-0.05, 0) is 34.7 Å². The molecule has 1 atom stereocenters. The van der Waals surface area contributed by atoms with E-state index >= 15 is 0 Å². The maximum absolute atomic E-state index is 13.5. The van der Waals surface area contributed by atoms with Crippen molar-refractivity contribution >= 4 is 10.9 Å². The van der Waals surface area contributed by atoms with Gasteiger partial charge in [-0.15, -0.1) is 0 Å². The second kappa shape index (κ2) is 7.88. The Morgan fingerprint density at radius 3 is 2.31 bits per heavy atom. The van der Waals surface area contributed by atoms with Gasteiger partial charge in [0.2, 0.25) is 0 Å². The SMILES string of the molecule is Cn1c(=O)c2c(-c3ccc(C(C)(C)C)cc3)n3c(c2n(C)c1=O)[C@@H](c1cc(O)ccc1O)OCC3. The Hall–Kier alpha value is -3.78. The fourth-order valence-corrected chi connectivity index (χ4v) is 5.00. The molecular formula is C27H29N3O5. The van der Waals surface area contributed by atoms with E-state index < -0.39 is 17.4 Å². The van der Waals surface area contributed by atoms with Crippen molar-refractivity contribution in [3.05, 3.63) is 80.1 Å². The molecule has 0 bridgehead atoms. The van der Waals surface area contributed by atoms with Gasteiger partial charge in [-0.3, -0.25) is 13.9 Å². The van der Waals surface area contributed by atoms with Crippen molar-refractivity contribution in [2.45, 2.75) is 38.8 Å². The molecule has 0 saturated carbocycles. The van der Waals surface area contributed by atoms with Gasteiger partial charge in [0.1, 0.15) is 17.6 Å². The first-order chi connectivity index (χ1) is 16.5. The maximum atomic E-state index is 13.5. The Kier molecular flexibility index (Phi) is 5.18. The summed E-state index contributed by atoms with van der Waals surface area (Å²) in [5.74, 6) is -0.0577. The van der Waals surface area contributed by atoms with Crippen molar-refractivity contribution in [2.24, 2.45) is 14.1 Å². The predicted molar refractivity (Wildman–Crippen MR) is 134 cm³/mol. The monoisotopic (exact) mass is 475 g/mol. The number of ether oxygens (including phenoxy) is 1. The molecule has 0 amide bonds. The number of phenolic OH excluding ortho intramolecular Hbond substituents is 2. The van der Waals surface area contributed by atoms with Gasteiger partial charge in [0.05, 0.1) is 28.9 Å². The second-order valence-corrected chi connectivity index (χ2v) is 10.1. The Bertz CT molecular complexity index is 1580. The van der Waals surface area contributed by atoms with Crippen LogP contribution in [0.15, 0.2) is 52.1 Å². The maximum Gasteiger partial charge on any atom is 0.331 e. The molecule has 0 unspecified atom stereocenters. The zero-order chi connectivity index (χ0) is 25.2.